The second-order valence-electron chi connectivity index (χ2n) is 3.13. The minimum absolute atomic E-state index is 0.0131. The van der Waals surface area contributed by atoms with Crippen molar-refractivity contribution in [3.63, 3.8) is 0 Å². The molecule has 0 unspecified atom stereocenters. The van der Waals surface area contributed by atoms with E-state index < -0.39 is 0 Å². The Morgan fingerprint density at radius 3 is 2.87 bits per heavy atom. The minimum Gasteiger partial charge on any atom is -0.395 e. The molecule has 0 aliphatic rings. The molecule has 0 radical (unpaired) electrons. The SMILES string of the molecule is Cc1ccccc1SCC(=O)NCCO. The highest BCUT2D eigenvalue weighted by atomic mass is 32.2. The fraction of sp³-hybridized carbons (Fsp3) is 0.364. The van der Waals surface area contributed by atoms with Crippen LogP contribution in [0.4, 0.5) is 0 Å². The second kappa shape index (κ2) is 6.48. The molecule has 82 valence electrons. The van der Waals surface area contributed by atoms with Gasteiger partial charge >= 0.3 is 0 Å². The lowest BCUT2D eigenvalue weighted by Gasteiger charge is -2.05. The van der Waals surface area contributed by atoms with Crippen LogP contribution in [0.5, 0.6) is 0 Å². The molecular weight excluding hydrogens is 210 g/mol. The van der Waals surface area contributed by atoms with Gasteiger partial charge in [-0.2, -0.15) is 0 Å². The zero-order valence-electron chi connectivity index (χ0n) is 8.69. The Kier molecular flexibility index (Phi) is 5.21. The van der Waals surface area contributed by atoms with Crippen molar-refractivity contribution in [1.29, 1.82) is 0 Å². The number of aryl methyl sites for hydroxylation is 1. The molecule has 0 saturated carbocycles. The molecule has 3 nitrogen and oxygen atoms in total. The minimum atomic E-state index is -0.0442. The molecule has 0 aromatic heterocycles. The molecule has 0 fully saturated rings. The number of hydrogen-bond donors (Lipinski definition) is 2. The van der Waals surface area contributed by atoms with Crippen LogP contribution < -0.4 is 5.32 Å². The maximum Gasteiger partial charge on any atom is 0.230 e. The Labute approximate surface area is 93.9 Å². The third-order valence-corrected chi connectivity index (χ3v) is 3.06. The Morgan fingerprint density at radius 2 is 2.20 bits per heavy atom. The first kappa shape index (κ1) is 12.1. The molecule has 1 aromatic carbocycles. The zero-order valence-corrected chi connectivity index (χ0v) is 9.51. The Hall–Kier alpha value is -1.00. The molecule has 0 aliphatic heterocycles. The summed E-state index contributed by atoms with van der Waals surface area (Å²) in [4.78, 5) is 12.4. The van der Waals surface area contributed by atoms with Crippen molar-refractivity contribution < 1.29 is 9.90 Å². The lowest BCUT2D eigenvalue weighted by atomic mass is 10.2. The van der Waals surface area contributed by atoms with E-state index in [9.17, 15) is 4.79 Å². The van der Waals surface area contributed by atoms with Gasteiger partial charge in [0.15, 0.2) is 0 Å². The summed E-state index contributed by atoms with van der Waals surface area (Å²) in [7, 11) is 0. The van der Waals surface area contributed by atoms with Gasteiger partial charge in [0.05, 0.1) is 12.4 Å². The standard InChI is InChI=1S/C11H15NO2S/c1-9-4-2-3-5-10(9)15-8-11(14)12-6-7-13/h2-5,13H,6-8H2,1H3,(H,12,14). The van der Waals surface area contributed by atoms with E-state index in [1.165, 1.54) is 17.3 Å². The van der Waals surface area contributed by atoms with E-state index in [0.717, 1.165) is 4.90 Å². The summed E-state index contributed by atoms with van der Waals surface area (Å²) >= 11 is 1.51. The van der Waals surface area contributed by atoms with Crippen LogP contribution in [0.15, 0.2) is 29.2 Å². The number of amides is 1. The number of hydrogen-bond acceptors (Lipinski definition) is 3. The summed E-state index contributed by atoms with van der Waals surface area (Å²) in [6, 6.07) is 7.96. The van der Waals surface area contributed by atoms with E-state index in [2.05, 4.69) is 5.32 Å². The summed E-state index contributed by atoms with van der Waals surface area (Å²) in [5.74, 6) is 0.350. The van der Waals surface area contributed by atoms with E-state index in [0.29, 0.717) is 12.3 Å². The quantitative estimate of drug-likeness (QED) is 0.740. The number of aliphatic hydroxyl groups is 1. The van der Waals surface area contributed by atoms with Gasteiger partial charge in [-0.3, -0.25) is 4.79 Å². The molecule has 2 N–H and O–H groups in total. The number of rotatable bonds is 5. The van der Waals surface area contributed by atoms with Gasteiger partial charge in [-0.25, -0.2) is 0 Å². The van der Waals surface area contributed by atoms with Crippen LogP contribution in [0.25, 0.3) is 0 Å². The summed E-state index contributed by atoms with van der Waals surface area (Å²) in [6.45, 7) is 2.34. The van der Waals surface area contributed by atoms with Crippen LogP contribution in [-0.4, -0.2) is 29.9 Å². The van der Waals surface area contributed by atoms with Crippen molar-refractivity contribution in [3.8, 4) is 0 Å². The van der Waals surface area contributed by atoms with Gasteiger partial charge in [0.2, 0.25) is 5.91 Å². The van der Waals surface area contributed by atoms with Crippen molar-refractivity contribution in [2.24, 2.45) is 0 Å². The zero-order chi connectivity index (χ0) is 11.1. The highest BCUT2D eigenvalue weighted by Gasteiger charge is 2.03. The van der Waals surface area contributed by atoms with Crippen LogP contribution in [0, 0.1) is 6.92 Å². The van der Waals surface area contributed by atoms with Crippen molar-refractivity contribution >= 4 is 17.7 Å². The molecule has 1 aromatic rings. The predicted molar refractivity (Wildman–Crippen MR) is 62.0 cm³/mol. The molecule has 0 bridgehead atoms. The average molecular weight is 225 g/mol. The lowest BCUT2D eigenvalue weighted by molar-refractivity contribution is -0.118. The van der Waals surface area contributed by atoms with Crippen molar-refractivity contribution in [2.45, 2.75) is 11.8 Å². The Bertz CT molecular complexity index is 328. The fourth-order valence-electron chi connectivity index (χ4n) is 1.11. The van der Waals surface area contributed by atoms with Crippen LogP contribution in [-0.2, 0) is 4.79 Å². The molecule has 1 amide bonds. The Balaban J connectivity index is 2.37. The predicted octanol–water partition coefficient (Wildman–Crippen LogP) is 1.20. The average Bonchev–Trinajstić information content (AvgIpc) is 2.25. The largest absolute Gasteiger partial charge is 0.395 e. The van der Waals surface area contributed by atoms with Gasteiger partial charge in [0.1, 0.15) is 0 Å². The third kappa shape index (κ3) is 4.36. The lowest BCUT2D eigenvalue weighted by Crippen LogP contribution is -2.27. The highest BCUT2D eigenvalue weighted by molar-refractivity contribution is 8.00. The number of carbonyl (C=O) groups excluding carboxylic acids is 1. The third-order valence-electron chi connectivity index (χ3n) is 1.89. The van der Waals surface area contributed by atoms with Gasteiger partial charge in [-0.05, 0) is 18.6 Å². The summed E-state index contributed by atoms with van der Waals surface area (Å²) < 4.78 is 0. The second-order valence-corrected chi connectivity index (χ2v) is 4.14. The summed E-state index contributed by atoms with van der Waals surface area (Å²) in [5, 5.41) is 11.1. The number of thioether (sulfide) groups is 1. The van der Waals surface area contributed by atoms with E-state index in [-0.39, 0.29) is 12.5 Å². The van der Waals surface area contributed by atoms with Crippen LogP contribution in [0.1, 0.15) is 5.56 Å². The number of carbonyl (C=O) groups is 1. The van der Waals surface area contributed by atoms with Crippen LogP contribution in [0.3, 0.4) is 0 Å². The summed E-state index contributed by atoms with van der Waals surface area (Å²) in [6.07, 6.45) is 0. The molecular formula is C11H15NO2S. The van der Waals surface area contributed by atoms with Crippen molar-refractivity contribution in [3.05, 3.63) is 29.8 Å². The van der Waals surface area contributed by atoms with E-state index in [4.69, 9.17) is 5.11 Å². The number of nitrogens with one attached hydrogen (secondary N) is 1. The fourth-order valence-corrected chi connectivity index (χ4v) is 1.97. The maximum atomic E-state index is 11.2. The van der Waals surface area contributed by atoms with Crippen LogP contribution in [0.2, 0.25) is 0 Å². The van der Waals surface area contributed by atoms with Crippen molar-refractivity contribution in [2.75, 3.05) is 18.9 Å². The molecule has 0 heterocycles. The first-order valence-electron chi connectivity index (χ1n) is 4.80. The molecule has 0 saturated heterocycles. The number of aliphatic hydroxyl groups excluding tert-OH is 1. The normalized spacial score (nSPS) is 10.0. The van der Waals surface area contributed by atoms with Gasteiger partial charge in [0, 0.05) is 11.4 Å². The van der Waals surface area contributed by atoms with Gasteiger partial charge in [-0.1, -0.05) is 18.2 Å². The van der Waals surface area contributed by atoms with Gasteiger partial charge in [-0.15, -0.1) is 11.8 Å². The molecule has 0 spiro atoms. The van der Waals surface area contributed by atoms with Crippen LogP contribution >= 0.6 is 11.8 Å². The summed E-state index contributed by atoms with van der Waals surface area (Å²) in [5.41, 5.74) is 1.18. The number of benzene rings is 1. The molecule has 0 atom stereocenters. The smallest absolute Gasteiger partial charge is 0.230 e. The van der Waals surface area contributed by atoms with Crippen molar-refractivity contribution in [1.82, 2.24) is 5.32 Å². The molecule has 15 heavy (non-hydrogen) atoms. The molecule has 0 aliphatic carbocycles. The topological polar surface area (TPSA) is 49.3 Å². The first-order valence-corrected chi connectivity index (χ1v) is 5.78. The van der Waals surface area contributed by atoms with E-state index >= 15 is 0 Å². The molecule has 4 heteroatoms. The first-order chi connectivity index (χ1) is 7.24. The monoisotopic (exact) mass is 225 g/mol. The van der Waals surface area contributed by atoms with Gasteiger partial charge < -0.3 is 10.4 Å². The van der Waals surface area contributed by atoms with E-state index in [1.807, 2.05) is 31.2 Å². The van der Waals surface area contributed by atoms with Gasteiger partial charge in [0.25, 0.3) is 0 Å². The Morgan fingerprint density at radius 1 is 1.47 bits per heavy atom. The highest BCUT2D eigenvalue weighted by Crippen LogP contribution is 2.21. The molecule has 1 rings (SSSR count). The van der Waals surface area contributed by atoms with E-state index in [1.54, 1.807) is 0 Å². The maximum absolute atomic E-state index is 11.2.